The molecule has 1 aliphatic rings. The molecule has 0 aromatic carbocycles. The van der Waals surface area contributed by atoms with Gasteiger partial charge in [0.1, 0.15) is 5.88 Å². The van der Waals surface area contributed by atoms with E-state index in [9.17, 15) is 8.42 Å². The Hall–Kier alpha value is 0.830. The molecule has 0 bridgehead atoms. The van der Waals surface area contributed by atoms with Crippen LogP contribution in [0, 0.1) is 0 Å². The molecule has 7 heteroatoms. The number of piperazine rings is 1. The van der Waals surface area contributed by atoms with Gasteiger partial charge in [0.05, 0.1) is 0 Å². The number of hydrogen-bond acceptors (Lipinski definition) is 4. The van der Waals surface area contributed by atoms with Crippen LogP contribution in [0.4, 0.5) is 0 Å². The predicted molar refractivity (Wildman–Crippen MR) is 52.6 cm³/mol. The van der Waals surface area contributed by atoms with Crippen LogP contribution in [-0.2, 0) is 10.1 Å². The number of likely N-dealkylation sites (N-methyl/N-ethyl adjacent to an activating group) is 1. The van der Waals surface area contributed by atoms with Crippen molar-refractivity contribution in [3.05, 3.63) is 0 Å². The van der Waals surface area contributed by atoms with Crippen molar-refractivity contribution in [2.75, 3.05) is 39.1 Å². The average molecular weight is 218 g/mol. The van der Waals surface area contributed by atoms with Crippen LogP contribution < -0.4 is 0 Å². The molecule has 1 heterocycles. The first-order valence-corrected chi connectivity index (χ1v) is 5.44. The molecule has 1 N–H and O–H groups in total. The number of hydrogen-bond donors (Lipinski definition) is 1. The zero-order valence-corrected chi connectivity index (χ0v) is 7.92. The Labute approximate surface area is 101 Å². The van der Waals surface area contributed by atoms with E-state index in [0.29, 0.717) is 13.1 Å². The van der Waals surface area contributed by atoms with E-state index < -0.39 is 10.1 Å². The molecule has 5 nitrogen and oxygen atoms in total. The third kappa shape index (κ3) is 6.01. The van der Waals surface area contributed by atoms with E-state index in [1.54, 1.807) is 4.90 Å². The molecule has 1 fully saturated rings. The van der Waals surface area contributed by atoms with Crippen LogP contribution >= 0.6 is 0 Å². The summed E-state index contributed by atoms with van der Waals surface area (Å²) >= 11 is 0. The van der Waals surface area contributed by atoms with Gasteiger partial charge >= 0.3 is 29.6 Å². The quantitative estimate of drug-likeness (QED) is 0.448. The molecule has 0 amide bonds. The van der Waals surface area contributed by atoms with Crippen molar-refractivity contribution in [1.82, 2.24) is 9.80 Å². The van der Waals surface area contributed by atoms with Gasteiger partial charge in [0, 0.05) is 26.2 Å². The third-order valence-electron chi connectivity index (χ3n) is 1.94. The second kappa shape index (κ2) is 5.65. The Morgan fingerprint density at radius 3 is 2.08 bits per heavy atom. The van der Waals surface area contributed by atoms with Crippen LogP contribution in [0.2, 0.25) is 0 Å². The van der Waals surface area contributed by atoms with Gasteiger partial charge in [-0.1, -0.05) is 0 Å². The van der Waals surface area contributed by atoms with Crippen LogP contribution in [0.1, 0.15) is 0 Å². The fourth-order valence-electron chi connectivity index (χ4n) is 1.21. The molecular formula is C6H15N2NaO3S. The Morgan fingerprint density at radius 1 is 1.23 bits per heavy atom. The van der Waals surface area contributed by atoms with Crippen molar-refractivity contribution >= 4 is 39.7 Å². The summed E-state index contributed by atoms with van der Waals surface area (Å²) in [6.07, 6.45) is 0. The molecule has 0 aliphatic carbocycles. The summed E-state index contributed by atoms with van der Waals surface area (Å²) in [7, 11) is -1.84. The van der Waals surface area contributed by atoms with E-state index in [2.05, 4.69) is 4.90 Å². The van der Waals surface area contributed by atoms with Gasteiger partial charge in [0.15, 0.2) is 0 Å². The summed E-state index contributed by atoms with van der Waals surface area (Å²) in [6, 6.07) is 0. The van der Waals surface area contributed by atoms with Gasteiger partial charge in [-0.3, -0.25) is 9.45 Å². The predicted octanol–water partition coefficient (Wildman–Crippen LogP) is -1.57. The molecule has 0 saturated carbocycles. The Bertz CT molecular complexity index is 236. The van der Waals surface area contributed by atoms with Crippen LogP contribution in [0.15, 0.2) is 0 Å². The van der Waals surface area contributed by atoms with Crippen molar-refractivity contribution in [2.45, 2.75) is 0 Å². The monoisotopic (exact) mass is 218 g/mol. The molecule has 1 rings (SSSR count). The summed E-state index contributed by atoms with van der Waals surface area (Å²) in [6.45, 7) is 3.12. The van der Waals surface area contributed by atoms with Crippen molar-refractivity contribution < 1.29 is 13.0 Å². The van der Waals surface area contributed by atoms with E-state index >= 15 is 0 Å². The molecule has 0 atom stereocenters. The molecule has 1 aliphatic heterocycles. The normalized spacial score (nSPS) is 21.1. The van der Waals surface area contributed by atoms with E-state index in [1.165, 1.54) is 0 Å². The molecule has 13 heavy (non-hydrogen) atoms. The molecule has 0 radical (unpaired) electrons. The summed E-state index contributed by atoms with van der Waals surface area (Å²) in [5.74, 6) is -0.235. The summed E-state index contributed by atoms with van der Waals surface area (Å²) in [5, 5.41) is 0. The number of nitrogens with zero attached hydrogens (tertiary/aromatic N) is 2. The molecule has 0 aromatic heterocycles. The van der Waals surface area contributed by atoms with Gasteiger partial charge in [-0.15, -0.1) is 0 Å². The summed E-state index contributed by atoms with van der Waals surface area (Å²) < 4.78 is 29.5. The summed E-state index contributed by atoms with van der Waals surface area (Å²) in [4.78, 5) is 3.86. The number of rotatable bonds is 2. The van der Waals surface area contributed by atoms with Crippen molar-refractivity contribution in [3.8, 4) is 0 Å². The molecule has 0 unspecified atom stereocenters. The van der Waals surface area contributed by atoms with Crippen molar-refractivity contribution in [1.29, 1.82) is 0 Å². The second-order valence-electron chi connectivity index (χ2n) is 3.13. The standard InChI is InChI=1S/C6H14N2O3S.Na.H/c1-7-2-4-8(5-3-7)6-12(9,10)11;;/h2-6H2,1H3,(H,9,10,11);;. The van der Waals surface area contributed by atoms with E-state index in [1.807, 2.05) is 7.05 Å². The fourth-order valence-corrected chi connectivity index (χ4v) is 1.93. The second-order valence-corrected chi connectivity index (χ2v) is 4.55. The third-order valence-corrected chi connectivity index (χ3v) is 2.63. The molecular weight excluding hydrogens is 203 g/mol. The first-order valence-electron chi connectivity index (χ1n) is 3.83. The van der Waals surface area contributed by atoms with E-state index in [0.717, 1.165) is 13.1 Å². The van der Waals surface area contributed by atoms with Crippen LogP contribution in [0.3, 0.4) is 0 Å². The van der Waals surface area contributed by atoms with Crippen LogP contribution in [0.25, 0.3) is 0 Å². The molecule has 74 valence electrons. The van der Waals surface area contributed by atoms with E-state index in [4.69, 9.17) is 4.55 Å². The Morgan fingerprint density at radius 2 is 1.69 bits per heavy atom. The van der Waals surface area contributed by atoms with Crippen molar-refractivity contribution in [2.24, 2.45) is 0 Å². The minimum atomic E-state index is -3.83. The van der Waals surface area contributed by atoms with Gasteiger partial charge in [0.2, 0.25) is 0 Å². The molecule has 0 spiro atoms. The maximum absolute atomic E-state index is 10.5. The van der Waals surface area contributed by atoms with Gasteiger partial charge in [-0.25, -0.2) is 0 Å². The first kappa shape index (κ1) is 13.8. The minimum absolute atomic E-state index is 0. The van der Waals surface area contributed by atoms with Gasteiger partial charge in [0.25, 0.3) is 10.1 Å². The molecule has 0 aromatic rings. The van der Waals surface area contributed by atoms with Gasteiger partial charge in [-0.05, 0) is 7.05 Å². The average Bonchev–Trinajstić information content (AvgIpc) is 1.91. The van der Waals surface area contributed by atoms with Gasteiger partial charge < -0.3 is 4.90 Å². The fraction of sp³-hybridized carbons (Fsp3) is 1.00. The maximum atomic E-state index is 10.5. The topological polar surface area (TPSA) is 60.9 Å². The Balaban J connectivity index is 0.00000144. The zero-order valence-electron chi connectivity index (χ0n) is 7.10. The SMILES string of the molecule is CN1CCN(CS(=O)(=O)O)CC1.[NaH]. The Kier molecular flexibility index (Phi) is 6.01. The molecule has 1 saturated heterocycles. The van der Waals surface area contributed by atoms with E-state index in [-0.39, 0.29) is 35.4 Å². The van der Waals surface area contributed by atoms with Crippen molar-refractivity contribution in [3.63, 3.8) is 0 Å². The first-order chi connectivity index (χ1) is 5.47. The zero-order chi connectivity index (χ0) is 9.19. The van der Waals surface area contributed by atoms with Crippen LogP contribution in [-0.4, -0.2) is 91.4 Å². The van der Waals surface area contributed by atoms with Crippen LogP contribution in [0.5, 0.6) is 0 Å². The van der Waals surface area contributed by atoms with Gasteiger partial charge in [-0.2, -0.15) is 8.42 Å². The summed E-state index contributed by atoms with van der Waals surface area (Å²) in [5.41, 5.74) is 0.